The molecule has 0 unspecified atom stereocenters. The zero-order valence-corrected chi connectivity index (χ0v) is 14.6. The van der Waals surface area contributed by atoms with Crippen molar-refractivity contribution >= 4 is 40.3 Å². The molecule has 1 atom stereocenters. The van der Waals surface area contributed by atoms with Crippen molar-refractivity contribution in [3.8, 4) is 5.75 Å². The molecule has 3 nitrogen and oxygen atoms in total. The second-order valence-corrected chi connectivity index (χ2v) is 7.86. The molecule has 1 fully saturated rings. The van der Waals surface area contributed by atoms with Crippen molar-refractivity contribution in [1.82, 2.24) is 4.90 Å². The Morgan fingerprint density at radius 3 is 3.00 bits per heavy atom. The number of ether oxygens (including phenoxy) is 1. The van der Waals surface area contributed by atoms with Gasteiger partial charge in [-0.2, -0.15) is 0 Å². The Hall–Kier alpha value is -1.33. The molecule has 1 aromatic rings. The number of hydrogen-bond donors (Lipinski definition) is 0. The van der Waals surface area contributed by atoms with Gasteiger partial charge in [0.05, 0.1) is 4.91 Å². The minimum atomic E-state index is 0.0221. The van der Waals surface area contributed by atoms with Crippen molar-refractivity contribution in [3.05, 3.63) is 34.2 Å². The maximum Gasteiger partial charge on any atom is 0.266 e. The van der Waals surface area contributed by atoms with E-state index in [4.69, 9.17) is 17.0 Å². The van der Waals surface area contributed by atoms with Gasteiger partial charge in [-0.3, -0.25) is 9.69 Å². The summed E-state index contributed by atoms with van der Waals surface area (Å²) in [6.07, 6.45) is 3.09. The zero-order valence-electron chi connectivity index (χ0n) is 13.0. The van der Waals surface area contributed by atoms with Crippen LogP contribution in [0.15, 0.2) is 23.1 Å². The van der Waals surface area contributed by atoms with Crippen LogP contribution in [0.2, 0.25) is 0 Å². The number of fused-ring (bicyclic) bond motifs is 1. The molecule has 2 heterocycles. The number of rotatable bonds is 3. The number of hydrogen-bond acceptors (Lipinski definition) is 4. The third kappa shape index (κ3) is 3.06. The number of thioether (sulfide) groups is 1. The molecule has 5 heteroatoms. The summed E-state index contributed by atoms with van der Waals surface area (Å²) in [5.41, 5.74) is 2.24. The lowest BCUT2D eigenvalue weighted by Gasteiger charge is -2.16. The molecule has 0 saturated carbocycles. The molecular formula is C17H19NO2S2. The Labute approximate surface area is 140 Å². The van der Waals surface area contributed by atoms with E-state index < -0.39 is 0 Å². The highest BCUT2D eigenvalue weighted by Crippen LogP contribution is 2.35. The fourth-order valence-electron chi connectivity index (χ4n) is 2.71. The number of nitrogens with zero attached hydrogens (tertiary/aromatic N) is 1. The van der Waals surface area contributed by atoms with E-state index in [1.165, 1.54) is 17.3 Å². The average molecular weight is 333 g/mol. The lowest BCUT2D eigenvalue weighted by atomic mass is 10.1. The molecule has 0 radical (unpaired) electrons. The predicted octanol–water partition coefficient (Wildman–Crippen LogP) is 3.87. The van der Waals surface area contributed by atoms with Crippen molar-refractivity contribution in [2.24, 2.45) is 5.92 Å². The second kappa shape index (κ2) is 6.05. The fourth-order valence-corrected chi connectivity index (χ4v) is 3.98. The minimum Gasteiger partial charge on any atom is -0.490 e. The Morgan fingerprint density at radius 1 is 1.50 bits per heavy atom. The molecule has 3 rings (SSSR count). The highest BCUT2D eigenvalue weighted by atomic mass is 32.2. The SMILES string of the molecule is CC(C)CN1C(=O)/C(=C\c2ccc3c(c2)C[C@H](C)O3)SC1=S. The van der Waals surface area contributed by atoms with E-state index in [-0.39, 0.29) is 12.0 Å². The molecule has 1 saturated heterocycles. The summed E-state index contributed by atoms with van der Waals surface area (Å²) in [7, 11) is 0. The van der Waals surface area contributed by atoms with Crippen LogP contribution in [0.3, 0.4) is 0 Å². The van der Waals surface area contributed by atoms with Crippen LogP contribution >= 0.6 is 24.0 Å². The number of amides is 1. The summed E-state index contributed by atoms with van der Waals surface area (Å²) in [4.78, 5) is 14.9. The van der Waals surface area contributed by atoms with Crippen LogP contribution in [0.1, 0.15) is 31.9 Å². The largest absolute Gasteiger partial charge is 0.490 e. The molecular weight excluding hydrogens is 314 g/mol. The van der Waals surface area contributed by atoms with Gasteiger partial charge < -0.3 is 4.74 Å². The van der Waals surface area contributed by atoms with Gasteiger partial charge in [-0.15, -0.1) is 0 Å². The van der Waals surface area contributed by atoms with Crippen LogP contribution in [0, 0.1) is 5.92 Å². The summed E-state index contributed by atoms with van der Waals surface area (Å²) in [5.74, 6) is 1.38. The van der Waals surface area contributed by atoms with E-state index in [1.807, 2.05) is 18.2 Å². The molecule has 22 heavy (non-hydrogen) atoms. The van der Waals surface area contributed by atoms with Gasteiger partial charge in [0.25, 0.3) is 5.91 Å². The normalized spacial score (nSPS) is 22.6. The van der Waals surface area contributed by atoms with Gasteiger partial charge in [-0.25, -0.2) is 0 Å². The third-order valence-electron chi connectivity index (χ3n) is 3.64. The van der Waals surface area contributed by atoms with Gasteiger partial charge in [-0.05, 0) is 42.2 Å². The minimum absolute atomic E-state index is 0.0221. The van der Waals surface area contributed by atoms with E-state index in [1.54, 1.807) is 4.90 Å². The van der Waals surface area contributed by atoms with E-state index in [9.17, 15) is 4.79 Å². The van der Waals surface area contributed by atoms with Crippen LogP contribution in [-0.4, -0.2) is 27.8 Å². The molecule has 0 aliphatic carbocycles. The van der Waals surface area contributed by atoms with Gasteiger partial charge >= 0.3 is 0 Å². The first-order valence-electron chi connectivity index (χ1n) is 7.49. The monoisotopic (exact) mass is 333 g/mol. The number of carbonyl (C=O) groups is 1. The quantitative estimate of drug-likeness (QED) is 0.620. The first-order chi connectivity index (χ1) is 10.4. The standard InChI is InChI=1S/C17H19NO2S2/c1-10(2)9-18-16(19)15(22-17(18)21)8-12-4-5-14-13(7-12)6-11(3)20-14/h4-5,7-8,10-11H,6,9H2,1-3H3/b15-8+/t11-/m0/s1. The lowest BCUT2D eigenvalue weighted by molar-refractivity contribution is -0.122. The van der Waals surface area contributed by atoms with Gasteiger partial charge in [0.1, 0.15) is 16.2 Å². The number of benzene rings is 1. The predicted molar refractivity (Wildman–Crippen MR) is 95.0 cm³/mol. The maximum atomic E-state index is 12.5. The number of carbonyl (C=O) groups excluding carboxylic acids is 1. The van der Waals surface area contributed by atoms with Crippen LogP contribution in [-0.2, 0) is 11.2 Å². The van der Waals surface area contributed by atoms with Gasteiger partial charge in [-0.1, -0.05) is 43.9 Å². The smallest absolute Gasteiger partial charge is 0.266 e. The summed E-state index contributed by atoms with van der Waals surface area (Å²) in [6.45, 7) is 6.92. The summed E-state index contributed by atoms with van der Waals surface area (Å²) >= 11 is 6.72. The third-order valence-corrected chi connectivity index (χ3v) is 5.02. The average Bonchev–Trinajstić information content (AvgIpc) is 2.92. The highest BCUT2D eigenvalue weighted by Gasteiger charge is 2.32. The first-order valence-corrected chi connectivity index (χ1v) is 8.71. The van der Waals surface area contributed by atoms with Gasteiger partial charge in [0.2, 0.25) is 0 Å². The second-order valence-electron chi connectivity index (χ2n) is 6.19. The van der Waals surface area contributed by atoms with Crippen molar-refractivity contribution in [2.45, 2.75) is 33.3 Å². The molecule has 0 N–H and O–H groups in total. The Bertz CT molecular complexity index is 667. The lowest BCUT2D eigenvalue weighted by Crippen LogP contribution is -2.31. The summed E-state index contributed by atoms with van der Waals surface area (Å²) in [5, 5.41) is 0. The maximum absolute atomic E-state index is 12.5. The molecule has 2 aliphatic rings. The molecule has 1 aromatic carbocycles. The Kier molecular flexibility index (Phi) is 4.28. The van der Waals surface area contributed by atoms with E-state index in [0.717, 1.165) is 17.7 Å². The first kappa shape index (κ1) is 15.6. The molecule has 116 valence electrons. The van der Waals surface area contributed by atoms with Crippen LogP contribution < -0.4 is 4.74 Å². The molecule has 0 bridgehead atoms. The fraction of sp³-hybridized carbons (Fsp3) is 0.412. The van der Waals surface area contributed by atoms with Gasteiger partial charge in [0, 0.05) is 13.0 Å². The van der Waals surface area contributed by atoms with Crippen LogP contribution in [0.4, 0.5) is 0 Å². The summed E-state index contributed by atoms with van der Waals surface area (Å²) < 4.78 is 6.36. The van der Waals surface area contributed by atoms with E-state index in [0.29, 0.717) is 21.7 Å². The van der Waals surface area contributed by atoms with E-state index >= 15 is 0 Å². The summed E-state index contributed by atoms with van der Waals surface area (Å²) in [6, 6.07) is 6.08. The highest BCUT2D eigenvalue weighted by molar-refractivity contribution is 8.26. The van der Waals surface area contributed by atoms with E-state index in [2.05, 4.69) is 26.8 Å². The van der Waals surface area contributed by atoms with Crippen molar-refractivity contribution in [3.63, 3.8) is 0 Å². The molecule has 1 amide bonds. The van der Waals surface area contributed by atoms with Crippen LogP contribution in [0.25, 0.3) is 6.08 Å². The van der Waals surface area contributed by atoms with Crippen molar-refractivity contribution in [1.29, 1.82) is 0 Å². The Balaban J connectivity index is 1.83. The van der Waals surface area contributed by atoms with Crippen molar-refractivity contribution < 1.29 is 9.53 Å². The van der Waals surface area contributed by atoms with Crippen LogP contribution in [0.5, 0.6) is 5.75 Å². The molecule has 0 spiro atoms. The van der Waals surface area contributed by atoms with Crippen molar-refractivity contribution in [2.75, 3.05) is 6.54 Å². The molecule has 0 aromatic heterocycles. The molecule has 2 aliphatic heterocycles. The number of thiocarbonyl (C=S) groups is 1. The zero-order chi connectivity index (χ0) is 15.9. The Morgan fingerprint density at radius 2 is 2.27 bits per heavy atom. The topological polar surface area (TPSA) is 29.5 Å². The van der Waals surface area contributed by atoms with Gasteiger partial charge in [0.15, 0.2) is 0 Å².